The van der Waals surface area contributed by atoms with Gasteiger partial charge in [0.25, 0.3) is 0 Å². The predicted molar refractivity (Wildman–Crippen MR) is 67.0 cm³/mol. The van der Waals surface area contributed by atoms with Crippen LogP contribution in [0.5, 0.6) is 0 Å². The molecular formula is C11H23ClN2O2. The molecule has 1 amide bonds. The molecule has 0 heterocycles. The summed E-state index contributed by atoms with van der Waals surface area (Å²) in [7, 11) is 1.69. The second kappa shape index (κ2) is 9.87. The third kappa shape index (κ3) is 8.95. The van der Waals surface area contributed by atoms with Gasteiger partial charge in [-0.3, -0.25) is 4.79 Å². The first-order chi connectivity index (χ1) is 7.33. The maximum Gasteiger partial charge on any atom is 0.233 e. The van der Waals surface area contributed by atoms with E-state index in [2.05, 4.69) is 10.6 Å². The molecule has 0 aromatic heterocycles. The van der Waals surface area contributed by atoms with Crippen molar-refractivity contribution in [2.75, 3.05) is 33.4 Å². The molecule has 0 aromatic carbocycles. The lowest BCUT2D eigenvalue weighted by molar-refractivity contribution is -0.120. The number of rotatable bonds is 9. The lowest BCUT2D eigenvalue weighted by atomic mass is 10.3. The number of methoxy groups -OCH3 is 1. The molecule has 0 bridgehead atoms. The summed E-state index contributed by atoms with van der Waals surface area (Å²) in [6.45, 7) is 2.99. The fraction of sp³-hybridized carbons (Fsp3) is 0.909. The molecule has 16 heavy (non-hydrogen) atoms. The van der Waals surface area contributed by atoms with E-state index < -0.39 is 0 Å². The average molecular weight is 251 g/mol. The highest BCUT2D eigenvalue weighted by Gasteiger charge is 2.20. The molecule has 1 aliphatic rings. The quantitative estimate of drug-likeness (QED) is 0.599. The Morgan fingerprint density at radius 1 is 1.38 bits per heavy atom. The van der Waals surface area contributed by atoms with Crippen LogP contribution in [0.1, 0.15) is 25.7 Å². The summed E-state index contributed by atoms with van der Waals surface area (Å²) in [5.41, 5.74) is 0. The molecule has 0 atom stereocenters. The fourth-order valence-electron chi connectivity index (χ4n) is 1.37. The molecule has 1 saturated carbocycles. The molecule has 1 fully saturated rings. The van der Waals surface area contributed by atoms with Crippen molar-refractivity contribution in [1.29, 1.82) is 0 Å². The van der Waals surface area contributed by atoms with Crippen molar-refractivity contribution in [2.45, 2.75) is 25.7 Å². The lowest BCUT2D eigenvalue weighted by Crippen LogP contribution is -2.35. The highest BCUT2D eigenvalue weighted by atomic mass is 35.5. The number of hydrogen-bond acceptors (Lipinski definition) is 3. The zero-order valence-electron chi connectivity index (χ0n) is 9.96. The van der Waals surface area contributed by atoms with Crippen molar-refractivity contribution in [3.05, 3.63) is 0 Å². The lowest BCUT2D eigenvalue weighted by Gasteiger charge is -2.05. The Morgan fingerprint density at radius 3 is 2.75 bits per heavy atom. The Kier molecular flexibility index (Phi) is 9.68. The minimum atomic E-state index is 0. The molecule has 2 N–H and O–H groups in total. The van der Waals surface area contributed by atoms with Gasteiger partial charge < -0.3 is 15.4 Å². The molecular weight excluding hydrogens is 228 g/mol. The Hall–Kier alpha value is -0.320. The van der Waals surface area contributed by atoms with E-state index in [1.165, 1.54) is 12.8 Å². The molecule has 1 aliphatic carbocycles. The number of ether oxygens (including phenoxy) is 1. The molecule has 0 aliphatic heterocycles. The van der Waals surface area contributed by atoms with E-state index in [0.717, 1.165) is 38.5 Å². The van der Waals surface area contributed by atoms with Crippen LogP contribution >= 0.6 is 12.4 Å². The first-order valence-corrected chi connectivity index (χ1v) is 5.79. The molecule has 0 spiro atoms. The highest BCUT2D eigenvalue weighted by molar-refractivity contribution is 5.85. The van der Waals surface area contributed by atoms with E-state index in [4.69, 9.17) is 4.74 Å². The van der Waals surface area contributed by atoms with E-state index in [0.29, 0.717) is 6.54 Å². The van der Waals surface area contributed by atoms with Crippen LogP contribution in [-0.2, 0) is 9.53 Å². The van der Waals surface area contributed by atoms with Gasteiger partial charge in [-0.25, -0.2) is 0 Å². The molecule has 96 valence electrons. The van der Waals surface area contributed by atoms with Gasteiger partial charge in [0.05, 0.1) is 6.54 Å². The Morgan fingerprint density at radius 2 is 2.12 bits per heavy atom. The zero-order chi connectivity index (χ0) is 10.9. The second-order valence-corrected chi connectivity index (χ2v) is 4.12. The van der Waals surface area contributed by atoms with Crippen LogP contribution in [0, 0.1) is 5.92 Å². The fourth-order valence-corrected chi connectivity index (χ4v) is 1.37. The first kappa shape index (κ1) is 15.7. The SMILES string of the molecule is COCCCCNC(=O)CNCC1CC1.Cl. The van der Waals surface area contributed by atoms with Gasteiger partial charge >= 0.3 is 0 Å². The largest absolute Gasteiger partial charge is 0.385 e. The monoisotopic (exact) mass is 250 g/mol. The van der Waals surface area contributed by atoms with Crippen LogP contribution in [-0.4, -0.2) is 39.3 Å². The van der Waals surface area contributed by atoms with E-state index >= 15 is 0 Å². The van der Waals surface area contributed by atoms with Crippen molar-refractivity contribution in [2.24, 2.45) is 5.92 Å². The van der Waals surface area contributed by atoms with Gasteiger partial charge in [-0.15, -0.1) is 12.4 Å². The molecule has 5 heteroatoms. The number of halogens is 1. The van der Waals surface area contributed by atoms with Gasteiger partial charge in [0.15, 0.2) is 0 Å². The summed E-state index contributed by atoms with van der Waals surface area (Å²) >= 11 is 0. The van der Waals surface area contributed by atoms with Crippen LogP contribution in [0.15, 0.2) is 0 Å². The van der Waals surface area contributed by atoms with Gasteiger partial charge in [0, 0.05) is 20.3 Å². The number of carbonyl (C=O) groups excluding carboxylic acids is 1. The summed E-state index contributed by atoms with van der Waals surface area (Å²) in [5, 5.41) is 6.04. The van der Waals surface area contributed by atoms with Gasteiger partial charge in [-0.05, 0) is 38.1 Å². The highest BCUT2D eigenvalue weighted by Crippen LogP contribution is 2.27. The van der Waals surface area contributed by atoms with Crippen molar-refractivity contribution < 1.29 is 9.53 Å². The number of unbranched alkanes of at least 4 members (excludes halogenated alkanes) is 1. The standard InChI is InChI=1S/C11H22N2O2.ClH/c1-15-7-3-2-6-13-11(14)9-12-8-10-4-5-10;/h10,12H,2-9H2,1H3,(H,13,14);1H. The van der Waals surface area contributed by atoms with Crippen molar-refractivity contribution in [1.82, 2.24) is 10.6 Å². The summed E-state index contributed by atoms with van der Waals surface area (Å²) in [6, 6.07) is 0. The average Bonchev–Trinajstić information content (AvgIpc) is 3.01. The maximum atomic E-state index is 11.3. The predicted octanol–water partition coefficient (Wildman–Crippen LogP) is 0.951. The molecule has 0 saturated heterocycles. The molecule has 1 rings (SSSR count). The third-order valence-electron chi connectivity index (χ3n) is 2.51. The van der Waals surface area contributed by atoms with Gasteiger partial charge in [0.1, 0.15) is 0 Å². The van der Waals surface area contributed by atoms with Crippen molar-refractivity contribution >= 4 is 18.3 Å². The minimum Gasteiger partial charge on any atom is -0.385 e. The zero-order valence-corrected chi connectivity index (χ0v) is 10.8. The van der Waals surface area contributed by atoms with Crippen LogP contribution in [0.3, 0.4) is 0 Å². The Balaban J connectivity index is 0.00000225. The van der Waals surface area contributed by atoms with E-state index in [9.17, 15) is 4.79 Å². The molecule has 0 aromatic rings. The van der Waals surface area contributed by atoms with Gasteiger partial charge in [0.2, 0.25) is 5.91 Å². The van der Waals surface area contributed by atoms with E-state index in [1.54, 1.807) is 7.11 Å². The minimum absolute atomic E-state index is 0. The van der Waals surface area contributed by atoms with E-state index in [1.807, 2.05) is 0 Å². The van der Waals surface area contributed by atoms with Crippen LogP contribution < -0.4 is 10.6 Å². The summed E-state index contributed by atoms with van der Waals surface area (Å²) in [4.78, 5) is 11.3. The van der Waals surface area contributed by atoms with Crippen LogP contribution in [0.25, 0.3) is 0 Å². The summed E-state index contributed by atoms with van der Waals surface area (Å²) < 4.78 is 4.92. The van der Waals surface area contributed by atoms with Crippen molar-refractivity contribution in [3.8, 4) is 0 Å². The number of hydrogen-bond donors (Lipinski definition) is 2. The Bertz CT molecular complexity index is 187. The first-order valence-electron chi connectivity index (χ1n) is 5.79. The van der Waals surface area contributed by atoms with E-state index in [-0.39, 0.29) is 18.3 Å². The summed E-state index contributed by atoms with van der Waals surface area (Å²) in [5.74, 6) is 0.938. The maximum absolute atomic E-state index is 11.3. The van der Waals surface area contributed by atoms with Crippen LogP contribution in [0.4, 0.5) is 0 Å². The third-order valence-corrected chi connectivity index (χ3v) is 2.51. The number of amides is 1. The number of nitrogens with one attached hydrogen (secondary N) is 2. The molecule has 0 unspecified atom stereocenters. The topological polar surface area (TPSA) is 50.4 Å². The van der Waals surface area contributed by atoms with Gasteiger partial charge in [-0.2, -0.15) is 0 Å². The smallest absolute Gasteiger partial charge is 0.233 e. The molecule has 0 radical (unpaired) electrons. The normalized spacial score (nSPS) is 14.3. The Labute approximate surface area is 104 Å². The molecule has 4 nitrogen and oxygen atoms in total. The number of carbonyl (C=O) groups is 1. The van der Waals surface area contributed by atoms with Crippen LogP contribution in [0.2, 0.25) is 0 Å². The van der Waals surface area contributed by atoms with Gasteiger partial charge in [-0.1, -0.05) is 0 Å². The second-order valence-electron chi connectivity index (χ2n) is 4.12. The van der Waals surface area contributed by atoms with Crippen molar-refractivity contribution in [3.63, 3.8) is 0 Å². The summed E-state index contributed by atoms with van der Waals surface area (Å²) in [6.07, 6.45) is 4.64.